The van der Waals surface area contributed by atoms with Crippen molar-refractivity contribution in [2.75, 3.05) is 6.54 Å². The van der Waals surface area contributed by atoms with Gasteiger partial charge in [-0.3, -0.25) is 4.79 Å². The third-order valence-corrected chi connectivity index (χ3v) is 2.73. The van der Waals surface area contributed by atoms with Gasteiger partial charge in [0.1, 0.15) is 0 Å². The Labute approximate surface area is 77.9 Å². The Kier molecular flexibility index (Phi) is 4.28. The van der Waals surface area contributed by atoms with Crippen LogP contribution in [-0.4, -0.2) is 12.5 Å². The van der Waals surface area contributed by atoms with Gasteiger partial charge >= 0.3 is 0 Å². The highest BCUT2D eigenvalue weighted by Gasteiger charge is 2.35. The van der Waals surface area contributed by atoms with Crippen molar-refractivity contribution in [3.8, 4) is 0 Å². The topological polar surface area (TPSA) is 91.8 Å². The summed E-state index contributed by atoms with van der Waals surface area (Å²) in [6, 6.07) is 0. The molecule has 0 bridgehead atoms. The van der Waals surface area contributed by atoms with Crippen molar-refractivity contribution in [3.05, 3.63) is 10.4 Å². The van der Waals surface area contributed by atoms with Crippen LogP contribution in [0.25, 0.3) is 10.4 Å². The van der Waals surface area contributed by atoms with Crippen LogP contribution in [0.3, 0.4) is 0 Å². The van der Waals surface area contributed by atoms with Gasteiger partial charge in [-0.05, 0) is 11.4 Å². The number of amides is 1. The number of rotatable bonds is 5. The van der Waals surface area contributed by atoms with E-state index < -0.39 is 11.3 Å². The molecule has 0 aromatic heterocycles. The Bertz CT molecular complexity index is 234. The molecular weight excluding hydrogens is 168 g/mol. The summed E-state index contributed by atoms with van der Waals surface area (Å²) in [5, 5.41) is 3.41. The predicted molar refractivity (Wildman–Crippen MR) is 50.8 cm³/mol. The molecule has 5 heteroatoms. The Morgan fingerprint density at radius 3 is 2.62 bits per heavy atom. The van der Waals surface area contributed by atoms with Gasteiger partial charge in [-0.2, -0.15) is 0 Å². The van der Waals surface area contributed by atoms with Crippen LogP contribution < -0.4 is 5.73 Å². The third-order valence-electron chi connectivity index (χ3n) is 2.73. The lowest BCUT2D eigenvalue weighted by atomic mass is 9.76. The van der Waals surface area contributed by atoms with Gasteiger partial charge in [0.05, 0.1) is 5.41 Å². The Morgan fingerprint density at radius 1 is 1.77 bits per heavy atom. The first-order valence-electron chi connectivity index (χ1n) is 4.29. The molecule has 2 unspecified atom stereocenters. The van der Waals surface area contributed by atoms with E-state index in [-0.39, 0.29) is 12.5 Å². The summed E-state index contributed by atoms with van der Waals surface area (Å²) < 4.78 is 0. The minimum atomic E-state index is -0.721. The number of nitrogens with zero attached hydrogens (tertiary/aromatic N) is 3. The average Bonchev–Trinajstić information content (AvgIpc) is 2.12. The summed E-state index contributed by atoms with van der Waals surface area (Å²) in [6.45, 7) is 5.77. The number of carbonyl (C=O) groups excluding carboxylic acids is 1. The Hall–Kier alpha value is -1.22. The molecule has 1 amide bonds. The van der Waals surface area contributed by atoms with E-state index in [9.17, 15) is 4.79 Å². The van der Waals surface area contributed by atoms with E-state index in [1.807, 2.05) is 13.8 Å². The zero-order chi connectivity index (χ0) is 10.5. The molecule has 0 saturated carbocycles. The summed E-state index contributed by atoms with van der Waals surface area (Å²) in [6.07, 6.45) is 0.834. The van der Waals surface area contributed by atoms with Gasteiger partial charge in [0, 0.05) is 11.5 Å². The molecular formula is C8H16N4O. The molecule has 74 valence electrons. The highest BCUT2D eigenvalue weighted by molar-refractivity contribution is 5.81. The van der Waals surface area contributed by atoms with Crippen molar-refractivity contribution in [1.29, 1.82) is 0 Å². The standard InChI is InChI=1S/C8H16N4O/c1-4-6(2)8(3,7(9)13)5-11-12-10/h6H,4-5H2,1-3H3,(H2,9,13). The largest absolute Gasteiger partial charge is 0.369 e. The molecule has 0 radical (unpaired) electrons. The van der Waals surface area contributed by atoms with Crippen LogP contribution >= 0.6 is 0 Å². The second kappa shape index (κ2) is 4.72. The smallest absolute Gasteiger partial charge is 0.223 e. The minimum Gasteiger partial charge on any atom is -0.369 e. The number of hydrogen-bond acceptors (Lipinski definition) is 2. The van der Waals surface area contributed by atoms with E-state index in [2.05, 4.69) is 10.0 Å². The van der Waals surface area contributed by atoms with Gasteiger partial charge in [0.25, 0.3) is 0 Å². The highest BCUT2D eigenvalue weighted by Crippen LogP contribution is 2.29. The van der Waals surface area contributed by atoms with Crippen LogP contribution in [0.15, 0.2) is 5.11 Å². The first kappa shape index (κ1) is 11.8. The van der Waals surface area contributed by atoms with Crippen LogP contribution in [0.4, 0.5) is 0 Å². The van der Waals surface area contributed by atoms with E-state index in [0.29, 0.717) is 0 Å². The molecule has 13 heavy (non-hydrogen) atoms. The predicted octanol–water partition coefficient (Wildman–Crippen LogP) is 1.83. The molecule has 0 spiro atoms. The number of carbonyl (C=O) groups is 1. The molecule has 0 saturated heterocycles. The monoisotopic (exact) mass is 184 g/mol. The molecule has 0 aliphatic rings. The first-order chi connectivity index (χ1) is 5.99. The number of nitrogens with two attached hydrogens (primary N) is 1. The second-order valence-electron chi connectivity index (χ2n) is 3.48. The molecule has 0 rings (SSSR count). The first-order valence-corrected chi connectivity index (χ1v) is 4.29. The number of primary amides is 1. The van der Waals surface area contributed by atoms with E-state index in [4.69, 9.17) is 11.3 Å². The van der Waals surface area contributed by atoms with Crippen LogP contribution in [0.1, 0.15) is 27.2 Å². The van der Waals surface area contributed by atoms with Crippen LogP contribution in [0.2, 0.25) is 0 Å². The van der Waals surface area contributed by atoms with E-state index in [0.717, 1.165) is 6.42 Å². The van der Waals surface area contributed by atoms with Crippen molar-refractivity contribution in [1.82, 2.24) is 0 Å². The van der Waals surface area contributed by atoms with Crippen molar-refractivity contribution in [3.63, 3.8) is 0 Å². The maximum absolute atomic E-state index is 11.2. The van der Waals surface area contributed by atoms with Crippen molar-refractivity contribution >= 4 is 5.91 Å². The summed E-state index contributed by atoms with van der Waals surface area (Å²) in [5.41, 5.74) is 12.7. The van der Waals surface area contributed by atoms with Crippen LogP contribution in [-0.2, 0) is 4.79 Å². The van der Waals surface area contributed by atoms with Gasteiger partial charge in [0.15, 0.2) is 0 Å². The zero-order valence-electron chi connectivity index (χ0n) is 8.32. The lowest BCUT2D eigenvalue weighted by Gasteiger charge is -2.30. The molecule has 0 heterocycles. The lowest BCUT2D eigenvalue weighted by molar-refractivity contribution is -0.128. The molecule has 0 aliphatic heterocycles. The molecule has 2 N–H and O–H groups in total. The summed E-state index contributed by atoms with van der Waals surface area (Å²) >= 11 is 0. The molecule has 0 aliphatic carbocycles. The van der Waals surface area contributed by atoms with Crippen LogP contribution in [0.5, 0.6) is 0 Å². The summed E-state index contributed by atoms with van der Waals surface area (Å²) in [5.74, 6) is -0.287. The second-order valence-corrected chi connectivity index (χ2v) is 3.48. The van der Waals surface area contributed by atoms with E-state index >= 15 is 0 Å². The SMILES string of the molecule is CCC(C)C(C)(CN=[N+]=[N-])C(N)=O. The fourth-order valence-corrected chi connectivity index (χ4v) is 1.11. The van der Waals surface area contributed by atoms with E-state index in [1.54, 1.807) is 6.92 Å². The van der Waals surface area contributed by atoms with Crippen molar-refractivity contribution < 1.29 is 4.79 Å². The number of azide groups is 1. The lowest BCUT2D eigenvalue weighted by Crippen LogP contribution is -2.42. The number of hydrogen-bond donors (Lipinski definition) is 1. The molecule has 5 nitrogen and oxygen atoms in total. The maximum atomic E-state index is 11.2. The molecule has 2 atom stereocenters. The van der Waals surface area contributed by atoms with Crippen LogP contribution in [0, 0.1) is 11.3 Å². The average molecular weight is 184 g/mol. The Morgan fingerprint density at radius 2 is 2.31 bits per heavy atom. The fourth-order valence-electron chi connectivity index (χ4n) is 1.11. The summed E-state index contributed by atoms with van der Waals surface area (Å²) in [4.78, 5) is 13.8. The minimum absolute atomic E-state index is 0.121. The maximum Gasteiger partial charge on any atom is 0.223 e. The van der Waals surface area contributed by atoms with Gasteiger partial charge < -0.3 is 5.73 Å². The van der Waals surface area contributed by atoms with E-state index in [1.165, 1.54) is 0 Å². The van der Waals surface area contributed by atoms with Crippen molar-refractivity contribution in [2.24, 2.45) is 22.2 Å². The normalized spacial score (nSPS) is 16.8. The van der Waals surface area contributed by atoms with Gasteiger partial charge in [0.2, 0.25) is 5.91 Å². The third kappa shape index (κ3) is 2.63. The summed E-state index contributed by atoms with van der Waals surface area (Å²) in [7, 11) is 0. The Balaban J connectivity index is 4.71. The highest BCUT2D eigenvalue weighted by atomic mass is 16.1. The fraction of sp³-hybridized carbons (Fsp3) is 0.875. The van der Waals surface area contributed by atoms with Gasteiger partial charge in [-0.15, -0.1) is 0 Å². The van der Waals surface area contributed by atoms with Gasteiger partial charge in [-0.25, -0.2) is 0 Å². The quantitative estimate of drug-likeness (QED) is 0.394. The van der Waals surface area contributed by atoms with Crippen molar-refractivity contribution in [2.45, 2.75) is 27.2 Å². The zero-order valence-corrected chi connectivity index (χ0v) is 8.32. The van der Waals surface area contributed by atoms with Gasteiger partial charge in [-0.1, -0.05) is 32.3 Å². The molecule has 0 aromatic carbocycles. The molecule has 0 fully saturated rings. The molecule has 0 aromatic rings.